The fourth-order valence-corrected chi connectivity index (χ4v) is 4.33. The summed E-state index contributed by atoms with van der Waals surface area (Å²) in [6, 6.07) is 6.00. The van der Waals surface area contributed by atoms with Gasteiger partial charge in [0.1, 0.15) is 0 Å². The van der Waals surface area contributed by atoms with E-state index in [1.165, 1.54) is 18.4 Å². The van der Waals surface area contributed by atoms with Gasteiger partial charge in [-0.1, -0.05) is 0 Å². The number of halogens is 1. The van der Waals surface area contributed by atoms with Crippen LogP contribution in [0, 0.1) is 5.41 Å². The quantitative estimate of drug-likeness (QED) is 0.915. The van der Waals surface area contributed by atoms with Gasteiger partial charge in [-0.2, -0.15) is 11.3 Å². The molecule has 124 valence electrons. The summed E-state index contributed by atoms with van der Waals surface area (Å²) in [5, 5.41) is 7.61. The molecule has 4 rings (SSSR count). The minimum absolute atomic E-state index is 0. The van der Waals surface area contributed by atoms with Crippen molar-refractivity contribution in [2.45, 2.75) is 31.8 Å². The molecule has 2 fully saturated rings. The van der Waals surface area contributed by atoms with Crippen LogP contribution in [0.25, 0.3) is 0 Å². The summed E-state index contributed by atoms with van der Waals surface area (Å²) in [7, 11) is 0. The summed E-state index contributed by atoms with van der Waals surface area (Å²) < 4.78 is 5.35. The Bertz CT molecular complexity index is 636. The smallest absolute Gasteiger partial charge is 0.290 e. The molecule has 3 heterocycles. The maximum Gasteiger partial charge on any atom is 0.290 e. The van der Waals surface area contributed by atoms with Gasteiger partial charge in [0, 0.05) is 12.6 Å². The van der Waals surface area contributed by atoms with Crippen LogP contribution in [0.2, 0.25) is 0 Å². The molecule has 1 aliphatic carbocycles. The van der Waals surface area contributed by atoms with Crippen molar-refractivity contribution >= 4 is 29.7 Å². The number of rotatable bonds is 4. The van der Waals surface area contributed by atoms with E-state index in [0.717, 1.165) is 19.5 Å². The zero-order chi connectivity index (χ0) is 15.0. The molecule has 0 aromatic carbocycles. The molecule has 1 amide bonds. The van der Waals surface area contributed by atoms with E-state index in [0.29, 0.717) is 23.8 Å². The van der Waals surface area contributed by atoms with Crippen LogP contribution in [0.4, 0.5) is 0 Å². The Hall–Kier alpha value is -1.30. The summed E-state index contributed by atoms with van der Waals surface area (Å²) in [6.45, 7) is 2.82. The molecular weight excluding hydrogens is 332 g/mol. The minimum atomic E-state index is 0. The van der Waals surface area contributed by atoms with Crippen molar-refractivity contribution in [1.29, 1.82) is 0 Å². The van der Waals surface area contributed by atoms with Crippen molar-refractivity contribution in [3.8, 4) is 0 Å². The molecule has 1 unspecified atom stereocenters. The summed E-state index contributed by atoms with van der Waals surface area (Å²) in [4.78, 5) is 14.9. The molecule has 1 atom stereocenters. The predicted molar refractivity (Wildman–Crippen MR) is 93.1 cm³/mol. The molecule has 1 spiro atoms. The molecule has 6 heteroatoms. The van der Waals surface area contributed by atoms with Gasteiger partial charge in [0.25, 0.3) is 5.91 Å². The topological polar surface area (TPSA) is 45.5 Å². The monoisotopic (exact) mass is 352 g/mol. The highest BCUT2D eigenvalue weighted by molar-refractivity contribution is 7.07. The Morgan fingerprint density at radius 1 is 1.39 bits per heavy atom. The van der Waals surface area contributed by atoms with E-state index in [2.05, 4.69) is 22.1 Å². The molecule has 1 saturated heterocycles. The van der Waals surface area contributed by atoms with Gasteiger partial charge in [0.05, 0.1) is 6.26 Å². The first kappa shape index (κ1) is 16.6. The average molecular weight is 353 g/mol. The third-order valence-electron chi connectivity index (χ3n) is 5.05. The summed E-state index contributed by atoms with van der Waals surface area (Å²) in [5.41, 5.74) is 1.55. The van der Waals surface area contributed by atoms with E-state index in [9.17, 15) is 4.79 Å². The van der Waals surface area contributed by atoms with Crippen LogP contribution in [0.15, 0.2) is 39.6 Å². The normalized spacial score (nSPS) is 21.7. The SMILES string of the molecule is Cl.O=C(c1ccco1)N(Cc1ccsc1)C1CC12CCNCC2. The number of thiophene rings is 1. The molecule has 0 bridgehead atoms. The van der Waals surface area contributed by atoms with Gasteiger partial charge in [-0.25, -0.2) is 0 Å². The Morgan fingerprint density at radius 2 is 2.22 bits per heavy atom. The number of nitrogens with zero attached hydrogens (tertiary/aromatic N) is 1. The number of hydrogen-bond donors (Lipinski definition) is 1. The second-order valence-electron chi connectivity index (χ2n) is 6.37. The van der Waals surface area contributed by atoms with Crippen molar-refractivity contribution in [2.75, 3.05) is 13.1 Å². The number of carbonyl (C=O) groups excluding carboxylic acids is 1. The van der Waals surface area contributed by atoms with Crippen LogP contribution >= 0.6 is 23.7 Å². The second kappa shape index (κ2) is 6.67. The Kier molecular flexibility index (Phi) is 4.80. The van der Waals surface area contributed by atoms with Gasteiger partial charge < -0.3 is 14.6 Å². The highest BCUT2D eigenvalue weighted by Gasteiger charge is 2.58. The Balaban J connectivity index is 0.00000156. The van der Waals surface area contributed by atoms with Crippen molar-refractivity contribution < 1.29 is 9.21 Å². The zero-order valence-electron chi connectivity index (χ0n) is 12.9. The molecule has 1 aliphatic heterocycles. The standard InChI is InChI=1S/C17H20N2O2S.ClH/c20-16(14-2-1-8-21-14)19(11-13-3-9-22-12-13)15-10-17(15)4-6-18-7-5-17;/h1-3,8-9,12,15,18H,4-7,10-11H2;1H. The lowest BCUT2D eigenvalue weighted by Crippen LogP contribution is -2.39. The third-order valence-corrected chi connectivity index (χ3v) is 5.78. The summed E-state index contributed by atoms with van der Waals surface area (Å²) in [5.74, 6) is 0.475. The molecule has 0 radical (unpaired) electrons. The summed E-state index contributed by atoms with van der Waals surface area (Å²) in [6.07, 6.45) is 5.04. The molecular formula is C17H21ClN2O2S. The molecule has 2 aliphatic rings. The van der Waals surface area contributed by atoms with Gasteiger partial charge in [-0.3, -0.25) is 4.79 Å². The van der Waals surface area contributed by atoms with Crippen LogP contribution in [0.1, 0.15) is 35.4 Å². The number of nitrogens with one attached hydrogen (secondary N) is 1. The van der Waals surface area contributed by atoms with Crippen molar-refractivity contribution in [3.63, 3.8) is 0 Å². The first-order valence-corrected chi connectivity index (χ1v) is 8.79. The highest BCUT2D eigenvalue weighted by atomic mass is 35.5. The van der Waals surface area contributed by atoms with E-state index < -0.39 is 0 Å². The zero-order valence-corrected chi connectivity index (χ0v) is 14.5. The molecule has 4 nitrogen and oxygen atoms in total. The van der Waals surface area contributed by atoms with Crippen LogP contribution in [0.3, 0.4) is 0 Å². The lowest BCUT2D eigenvalue weighted by atomic mass is 9.93. The molecule has 1 N–H and O–H groups in total. The van der Waals surface area contributed by atoms with E-state index >= 15 is 0 Å². The largest absolute Gasteiger partial charge is 0.459 e. The van der Waals surface area contributed by atoms with Crippen molar-refractivity contribution in [3.05, 3.63) is 46.5 Å². The lowest BCUT2D eigenvalue weighted by molar-refractivity contribution is 0.0660. The molecule has 1 saturated carbocycles. The Labute approximate surface area is 146 Å². The Morgan fingerprint density at radius 3 is 2.87 bits per heavy atom. The number of furan rings is 1. The van der Waals surface area contributed by atoms with E-state index in [-0.39, 0.29) is 18.3 Å². The second-order valence-corrected chi connectivity index (χ2v) is 7.15. The van der Waals surface area contributed by atoms with E-state index in [4.69, 9.17) is 4.42 Å². The van der Waals surface area contributed by atoms with Gasteiger partial charge in [0.2, 0.25) is 0 Å². The highest BCUT2D eigenvalue weighted by Crippen LogP contribution is 2.56. The first-order chi connectivity index (χ1) is 10.8. The number of amides is 1. The van der Waals surface area contributed by atoms with Crippen LogP contribution in [-0.2, 0) is 6.54 Å². The average Bonchev–Trinajstić information content (AvgIpc) is 3.02. The van der Waals surface area contributed by atoms with Crippen LogP contribution in [-0.4, -0.2) is 29.9 Å². The molecule has 2 aromatic heterocycles. The maximum absolute atomic E-state index is 12.9. The van der Waals surface area contributed by atoms with E-state index in [1.54, 1.807) is 29.7 Å². The van der Waals surface area contributed by atoms with Crippen LogP contribution in [0.5, 0.6) is 0 Å². The van der Waals surface area contributed by atoms with Gasteiger partial charge >= 0.3 is 0 Å². The number of hydrogen-bond acceptors (Lipinski definition) is 4. The van der Waals surface area contributed by atoms with Gasteiger partial charge in [-0.15, -0.1) is 12.4 Å². The van der Waals surface area contributed by atoms with Gasteiger partial charge in [-0.05, 0) is 72.3 Å². The number of carbonyl (C=O) groups is 1. The molecule has 23 heavy (non-hydrogen) atoms. The van der Waals surface area contributed by atoms with Crippen LogP contribution < -0.4 is 5.32 Å². The maximum atomic E-state index is 12.9. The summed E-state index contributed by atoms with van der Waals surface area (Å²) >= 11 is 1.68. The molecule has 2 aromatic rings. The van der Waals surface area contributed by atoms with Crippen molar-refractivity contribution in [2.24, 2.45) is 5.41 Å². The lowest BCUT2D eigenvalue weighted by Gasteiger charge is -2.29. The minimum Gasteiger partial charge on any atom is -0.459 e. The third kappa shape index (κ3) is 3.18. The first-order valence-electron chi connectivity index (χ1n) is 7.85. The predicted octanol–water partition coefficient (Wildman–Crippen LogP) is 3.55. The van der Waals surface area contributed by atoms with Crippen molar-refractivity contribution in [1.82, 2.24) is 10.2 Å². The van der Waals surface area contributed by atoms with E-state index in [1.807, 2.05) is 4.90 Å². The number of piperidine rings is 1. The van der Waals surface area contributed by atoms with Gasteiger partial charge in [0.15, 0.2) is 5.76 Å². The fourth-order valence-electron chi connectivity index (χ4n) is 3.67. The fraction of sp³-hybridized carbons (Fsp3) is 0.471.